The molecule has 1 aliphatic heterocycles. The predicted octanol–water partition coefficient (Wildman–Crippen LogP) is 3.66. The van der Waals surface area contributed by atoms with Gasteiger partial charge in [0.2, 0.25) is 0 Å². The first-order valence-corrected chi connectivity index (χ1v) is 7.98. The average Bonchev–Trinajstić information content (AvgIpc) is 2.59. The number of hydrogen-bond donors (Lipinski definition) is 1. The number of methoxy groups -OCH3 is 1. The van der Waals surface area contributed by atoms with Crippen LogP contribution in [0.4, 0.5) is 13.2 Å². The molecule has 0 fully saturated rings. The minimum absolute atomic E-state index is 0.0838. The van der Waals surface area contributed by atoms with Gasteiger partial charge < -0.3 is 14.8 Å². The smallest absolute Gasteiger partial charge is 0.416 e. The van der Waals surface area contributed by atoms with E-state index >= 15 is 0 Å². The molecule has 138 valence electrons. The van der Waals surface area contributed by atoms with Crippen LogP contribution in [-0.4, -0.2) is 32.8 Å². The first kappa shape index (κ1) is 19.3. The fourth-order valence-electron chi connectivity index (χ4n) is 2.54. The molecule has 1 N–H and O–H groups in total. The van der Waals surface area contributed by atoms with Crippen molar-refractivity contribution < 1.29 is 27.4 Å². The molecule has 0 amide bonds. The normalized spacial score (nSPS) is 15.5. The minimum Gasteiger partial charge on any atom is -0.492 e. The van der Waals surface area contributed by atoms with E-state index in [4.69, 9.17) is 9.47 Å². The van der Waals surface area contributed by atoms with Crippen molar-refractivity contribution in [1.29, 1.82) is 0 Å². The van der Waals surface area contributed by atoms with Gasteiger partial charge in [0.25, 0.3) is 0 Å². The van der Waals surface area contributed by atoms with E-state index in [0.717, 1.165) is 24.3 Å². The average molecular weight is 357 g/mol. The number of carbonyl (C=O) groups excluding carboxylic acids is 1. The minimum atomic E-state index is -4.46. The van der Waals surface area contributed by atoms with E-state index in [1.807, 2.05) is 6.08 Å². The van der Waals surface area contributed by atoms with Gasteiger partial charge in [-0.05, 0) is 44.5 Å². The Morgan fingerprint density at radius 3 is 2.56 bits per heavy atom. The highest BCUT2D eigenvalue weighted by Gasteiger charge is 2.33. The molecule has 0 spiro atoms. The maximum atomic E-state index is 13.0. The summed E-state index contributed by atoms with van der Waals surface area (Å²) in [6, 6.07) is 3.47. The fraction of sp³-hybridized carbons (Fsp3) is 0.500. The van der Waals surface area contributed by atoms with Crippen LogP contribution in [-0.2, 0) is 15.7 Å². The maximum Gasteiger partial charge on any atom is 0.416 e. The first-order chi connectivity index (χ1) is 11.6. The number of rotatable bonds is 5. The van der Waals surface area contributed by atoms with Gasteiger partial charge in [0, 0.05) is 12.1 Å². The van der Waals surface area contributed by atoms with E-state index in [1.54, 1.807) is 13.8 Å². The number of ether oxygens (including phenoxy) is 2. The van der Waals surface area contributed by atoms with Crippen LogP contribution in [0, 0.1) is 5.41 Å². The Hall–Kier alpha value is -2.02. The molecule has 0 saturated heterocycles. The number of benzene rings is 1. The molecule has 1 aromatic rings. The number of halogens is 3. The Labute approximate surface area is 145 Å². The summed E-state index contributed by atoms with van der Waals surface area (Å²) in [5.41, 5.74) is -0.201. The van der Waals surface area contributed by atoms with E-state index in [9.17, 15) is 18.0 Å². The Kier molecular flexibility index (Phi) is 5.77. The Morgan fingerprint density at radius 1 is 1.28 bits per heavy atom. The SMILES string of the molecule is COC(=O)C(C)(C)COc1cc(C(F)(F)F)ccc1C1=CCNCC1. The first-order valence-electron chi connectivity index (χ1n) is 7.98. The van der Waals surface area contributed by atoms with Gasteiger partial charge in [-0.1, -0.05) is 12.1 Å². The van der Waals surface area contributed by atoms with Gasteiger partial charge in [0.1, 0.15) is 12.4 Å². The molecular formula is C18H22F3NO3. The van der Waals surface area contributed by atoms with Gasteiger partial charge in [-0.2, -0.15) is 13.2 Å². The van der Waals surface area contributed by atoms with Gasteiger partial charge in [-0.25, -0.2) is 0 Å². The van der Waals surface area contributed by atoms with Crippen LogP contribution in [0.2, 0.25) is 0 Å². The second-order valence-electron chi connectivity index (χ2n) is 6.56. The molecule has 0 atom stereocenters. The summed E-state index contributed by atoms with van der Waals surface area (Å²) in [5.74, 6) is -0.359. The summed E-state index contributed by atoms with van der Waals surface area (Å²) in [6.07, 6.45) is -1.83. The molecule has 2 rings (SSSR count). The zero-order valence-corrected chi connectivity index (χ0v) is 14.5. The largest absolute Gasteiger partial charge is 0.492 e. The zero-order chi connectivity index (χ0) is 18.7. The maximum absolute atomic E-state index is 13.0. The lowest BCUT2D eigenvalue weighted by Crippen LogP contribution is -2.32. The molecule has 0 bridgehead atoms. The highest BCUT2D eigenvalue weighted by molar-refractivity contribution is 5.76. The molecule has 4 nitrogen and oxygen atoms in total. The topological polar surface area (TPSA) is 47.6 Å². The monoisotopic (exact) mass is 357 g/mol. The van der Waals surface area contributed by atoms with Crippen LogP contribution in [0.25, 0.3) is 5.57 Å². The second kappa shape index (κ2) is 7.47. The highest BCUT2D eigenvalue weighted by Crippen LogP contribution is 2.37. The molecule has 0 saturated carbocycles. The van der Waals surface area contributed by atoms with Crippen molar-refractivity contribution in [2.75, 3.05) is 26.8 Å². The van der Waals surface area contributed by atoms with Crippen LogP contribution in [0.3, 0.4) is 0 Å². The van der Waals surface area contributed by atoms with E-state index in [2.05, 4.69) is 5.32 Å². The van der Waals surface area contributed by atoms with Crippen LogP contribution < -0.4 is 10.1 Å². The molecule has 0 aromatic heterocycles. The molecule has 1 aliphatic rings. The summed E-state index contributed by atoms with van der Waals surface area (Å²) in [5, 5.41) is 3.16. The Morgan fingerprint density at radius 2 is 2.00 bits per heavy atom. The fourth-order valence-corrected chi connectivity index (χ4v) is 2.54. The molecule has 0 unspecified atom stereocenters. The van der Waals surface area contributed by atoms with E-state index in [-0.39, 0.29) is 12.4 Å². The predicted molar refractivity (Wildman–Crippen MR) is 88.2 cm³/mol. The van der Waals surface area contributed by atoms with Gasteiger partial charge in [0.05, 0.1) is 18.1 Å². The summed E-state index contributed by atoms with van der Waals surface area (Å²) in [4.78, 5) is 11.8. The summed E-state index contributed by atoms with van der Waals surface area (Å²) in [7, 11) is 1.26. The van der Waals surface area contributed by atoms with E-state index < -0.39 is 23.1 Å². The van der Waals surface area contributed by atoms with E-state index in [1.165, 1.54) is 13.2 Å². The summed E-state index contributed by atoms with van der Waals surface area (Å²) >= 11 is 0. The van der Waals surface area contributed by atoms with Crippen molar-refractivity contribution >= 4 is 11.5 Å². The number of hydrogen-bond acceptors (Lipinski definition) is 4. The third kappa shape index (κ3) is 4.75. The molecule has 0 radical (unpaired) electrons. The lowest BCUT2D eigenvalue weighted by molar-refractivity contribution is -0.152. The van der Waals surface area contributed by atoms with Crippen LogP contribution in [0.1, 0.15) is 31.4 Å². The van der Waals surface area contributed by atoms with Crippen molar-refractivity contribution in [2.45, 2.75) is 26.4 Å². The van der Waals surface area contributed by atoms with Crippen molar-refractivity contribution in [2.24, 2.45) is 5.41 Å². The zero-order valence-electron chi connectivity index (χ0n) is 14.5. The molecule has 25 heavy (non-hydrogen) atoms. The number of carbonyl (C=O) groups is 1. The molecular weight excluding hydrogens is 335 g/mol. The van der Waals surface area contributed by atoms with E-state index in [0.29, 0.717) is 18.5 Å². The van der Waals surface area contributed by atoms with Crippen molar-refractivity contribution in [3.8, 4) is 5.75 Å². The lowest BCUT2D eigenvalue weighted by Gasteiger charge is -2.24. The van der Waals surface area contributed by atoms with Gasteiger partial charge >= 0.3 is 12.1 Å². The molecule has 7 heteroatoms. The van der Waals surface area contributed by atoms with Crippen molar-refractivity contribution in [1.82, 2.24) is 5.32 Å². The summed E-state index contributed by atoms with van der Waals surface area (Å²) in [6.45, 7) is 4.56. The third-order valence-electron chi connectivity index (χ3n) is 4.05. The van der Waals surface area contributed by atoms with Gasteiger partial charge in [0.15, 0.2) is 0 Å². The van der Waals surface area contributed by atoms with Crippen molar-refractivity contribution in [3.05, 3.63) is 35.4 Å². The third-order valence-corrected chi connectivity index (χ3v) is 4.05. The van der Waals surface area contributed by atoms with Crippen molar-refractivity contribution in [3.63, 3.8) is 0 Å². The highest BCUT2D eigenvalue weighted by atomic mass is 19.4. The quantitative estimate of drug-likeness (QED) is 0.817. The number of alkyl halides is 3. The molecule has 0 aliphatic carbocycles. The standard InChI is InChI=1S/C18H22F3NO3/c1-17(2,16(23)24-3)11-25-15-10-13(18(19,20)21)4-5-14(15)12-6-8-22-9-7-12/h4-6,10,22H,7-9,11H2,1-3H3. The molecule has 1 heterocycles. The second-order valence-corrected chi connectivity index (χ2v) is 6.56. The van der Waals surface area contributed by atoms with Gasteiger partial charge in [-0.15, -0.1) is 0 Å². The molecule has 1 aromatic carbocycles. The Bertz CT molecular complexity index is 666. The number of nitrogens with one attached hydrogen (secondary N) is 1. The van der Waals surface area contributed by atoms with Gasteiger partial charge in [-0.3, -0.25) is 4.79 Å². The summed E-state index contributed by atoms with van der Waals surface area (Å²) < 4.78 is 49.5. The van der Waals surface area contributed by atoms with Crippen LogP contribution >= 0.6 is 0 Å². The van der Waals surface area contributed by atoms with Crippen LogP contribution in [0.5, 0.6) is 5.75 Å². The number of esters is 1. The Balaban J connectivity index is 2.34. The van der Waals surface area contributed by atoms with Crippen LogP contribution in [0.15, 0.2) is 24.3 Å². The lowest BCUT2D eigenvalue weighted by atomic mass is 9.94.